The van der Waals surface area contributed by atoms with Crippen molar-refractivity contribution in [1.82, 2.24) is 14.6 Å². The third-order valence-corrected chi connectivity index (χ3v) is 3.33. The fourth-order valence-electron chi connectivity index (χ4n) is 1.68. The molecule has 0 aliphatic carbocycles. The second-order valence-corrected chi connectivity index (χ2v) is 4.38. The molecule has 0 amide bonds. The van der Waals surface area contributed by atoms with E-state index in [1.54, 1.807) is 4.40 Å². The van der Waals surface area contributed by atoms with Gasteiger partial charge in [-0.05, 0) is 12.1 Å². The van der Waals surface area contributed by atoms with Gasteiger partial charge in [-0.3, -0.25) is 9.20 Å². The number of thiazole rings is 1. The van der Waals surface area contributed by atoms with Crippen LogP contribution in [0.25, 0.3) is 15.2 Å². The van der Waals surface area contributed by atoms with Crippen molar-refractivity contribution >= 4 is 32.5 Å². The van der Waals surface area contributed by atoms with Gasteiger partial charge in [-0.25, -0.2) is 0 Å². The van der Waals surface area contributed by atoms with Gasteiger partial charge in [-0.1, -0.05) is 23.5 Å². The summed E-state index contributed by atoms with van der Waals surface area (Å²) in [4.78, 5) is 11.4. The van der Waals surface area contributed by atoms with Crippen LogP contribution in [0.5, 0.6) is 0 Å². The first kappa shape index (κ1) is 9.29. The highest BCUT2D eigenvalue weighted by molar-refractivity contribution is 7.23. The van der Waals surface area contributed by atoms with E-state index in [4.69, 9.17) is 5.11 Å². The van der Waals surface area contributed by atoms with Gasteiger partial charge < -0.3 is 5.11 Å². The average Bonchev–Trinajstić information content (AvgIpc) is 2.77. The summed E-state index contributed by atoms with van der Waals surface area (Å²) in [6.07, 6.45) is -0.109. The Kier molecular flexibility index (Phi) is 1.90. The van der Waals surface area contributed by atoms with Gasteiger partial charge in [0.25, 0.3) is 0 Å². The van der Waals surface area contributed by atoms with Crippen LogP contribution < -0.4 is 0 Å². The first-order valence-corrected chi connectivity index (χ1v) is 5.50. The average molecular weight is 233 g/mol. The van der Waals surface area contributed by atoms with Crippen LogP contribution in [0.15, 0.2) is 24.3 Å². The van der Waals surface area contributed by atoms with Gasteiger partial charge in [0, 0.05) is 0 Å². The summed E-state index contributed by atoms with van der Waals surface area (Å²) in [5, 5.41) is 16.6. The minimum Gasteiger partial charge on any atom is -0.481 e. The van der Waals surface area contributed by atoms with Gasteiger partial charge in [0.15, 0.2) is 0 Å². The molecular weight excluding hydrogens is 226 g/mol. The smallest absolute Gasteiger partial charge is 0.311 e. The normalized spacial score (nSPS) is 11.2. The molecule has 5 nitrogen and oxygen atoms in total. The van der Waals surface area contributed by atoms with E-state index < -0.39 is 5.97 Å². The Hall–Kier alpha value is -1.95. The van der Waals surface area contributed by atoms with Crippen molar-refractivity contribution in [3.05, 3.63) is 30.1 Å². The van der Waals surface area contributed by atoms with Crippen LogP contribution in [-0.4, -0.2) is 25.7 Å². The van der Waals surface area contributed by atoms with Crippen molar-refractivity contribution in [3.63, 3.8) is 0 Å². The molecule has 2 heterocycles. The van der Waals surface area contributed by atoms with E-state index in [2.05, 4.69) is 10.2 Å². The number of hydrogen-bond donors (Lipinski definition) is 1. The number of benzene rings is 1. The highest BCUT2D eigenvalue weighted by atomic mass is 32.1. The molecule has 1 N–H and O–H groups in total. The standard InChI is InChI=1S/C10H7N3O2S/c14-9(15)5-8-11-12-10-13(8)6-3-1-2-4-7(6)16-10/h1-4H,5H2,(H,14,15). The summed E-state index contributed by atoms with van der Waals surface area (Å²) in [6.45, 7) is 0. The quantitative estimate of drug-likeness (QED) is 0.729. The Morgan fingerprint density at radius 1 is 1.38 bits per heavy atom. The van der Waals surface area contributed by atoms with Gasteiger partial charge in [0.1, 0.15) is 12.2 Å². The third kappa shape index (κ3) is 1.27. The Labute approximate surface area is 94.0 Å². The van der Waals surface area contributed by atoms with Crippen LogP contribution >= 0.6 is 11.3 Å². The summed E-state index contributed by atoms with van der Waals surface area (Å²) >= 11 is 1.51. The molecule has 6 heteroatoms. The second kappa shape index (κ2) is 3.28. The lowest BCUT2D eigenvalue weighted by atomic mass is 10.3. The number of hydrogen-bond acceptors (Lipinski definition) is 4. The second-order valence-electron chi connectivity index (χ2n) is 3.37. The first-order valence-electron chi connectivity index (χ1n) is 4.69. The van der Waals surface area contributed by atoms with Crippen molar-refractivity contribution in [2.45, 2.75) is 6.42 Å². The van der Waals surface area contributed by atoms with Crippen LogP contribution in [0.4, 0.5) is 0 Å². The maximum atomic E-state index is 10.7. The van der Waals surface area contributed by atoms with Crippen molar-refractivity contribution in [1.29, 1.82) is 0 Å². The summed E-state index contributed by atoms with van der Waals surface area (Å²) in [5.74, 6) is -0.426. The Morgan fingerprint density at radius 2 is 2.19 bits per heavy atom. The summed E-state index contributed by atoms with van der Waals surface area (Å²) in [5.41, 5.74) is 0.962. The number of rotatable bonds is 2. The van der Waals surface area contributed by atoms with Crippen LogP contribution in [0.2, 0.25) is 0 Å². The number of carboxylic acids is 1. The third-order valence-electron chi connectivity index (χ3n) is 2.32. The molecule has 0 atom stereocenters. The molecule has 0 aliphatic rings. The molecule has 1 aromatic carbocycles. The molecule has 0 radical (unpaired) electrons. The molecule has 80 valence electrons. The molecule has 0 unspecified atom stereocenters. The molecule has 0 saturated carbocycles. The SMILES string of the molecule is O=C(O)Cc1nnc2sc3ccccc3n12. The monoisotopic (exact) mass is 233 g/mol. The van der Waals surface area contributed by atoms with Crippen LogP contribution in [0, 0.1) is 0 Å². The number of aliphatic carboxylic acids is 1. The van der Waals surface area contributed by atoms with Crippen molar-refractivity contribution in [2.75, 3.05) is 0 Å². The molecule has 0 fully saturated rings. The molecule has 0 bridgehead atoms. The fraction of sp³-hybridized carbons (Fsp3) is 0.100. The zero-order chi connectivity index (χ0) is 11.1. The number of para-hydroxylation sites is 1. The predicted octanol–water partition coefficient (Wildman–Crippen LogP) is 1.57. The Bertz CT molecular complexity index is 686. The molecule has 0 saturated heterocycles. The van der Waals surface area contributed by atoms with Gasteiger partial charge in [-0.2, -0.15) is 0 Å². The molecule has 0 spiro atoms. The largest absolute Gasteiger partial charge is 0.481 e. The van der Waals surface area contributed by atoms with E-state index in [9.17, 15) is 4.79 Å². The Morgan fingerprint density at radius 3 is 3.00 bits per heavy atom. The summed E-state index contributed by atoms with van der Waals surface area (Å²) in [6, 6.07) is 7.79. The van der Waals surface area contributed by atoms with Gasteiger partial charge >= 0.3 is 5.97 Å². The molecule has 2 aromatic heterocycles. The van der Waals surface area contributed by atoms with Crippen LogP contribution in [0.3, 0.4) is 0 Å². The zero-order valence-electron chi connectivity index (χ0n) is 8.12. The minimum atomic E-state index is -0.899. The maximum Gasteiger partial charge on any atom is 0.311 e. The first-order chi connectivity index (χ1) is 7.75. The van der Waals surface area contributed by atoms with E-state index in [-0.39, 0.29) is 6.42 Å². The lowest BCUT2D eigenvalue weighted by molar-refractivity contribution is -0.136. The Balaban J connectivity index is 2.34. The zero-order valence-corrected chi connectivity index (χ0v) is 8.94. The van der Waals surface area contributed by atoms with Crippen molar-refractivity contribution < 1.29 is 9.90 Å². The number of carboxylic acid groups (broad SMARTS) is 1. The van der Waals surface area contributed by atoms with E-state index >= 15 is 0 Å². The molecule has 16 heavy (non-hydrogen) atoms. The van der Waals surface area contributed by atoms with Crippen molar-refractivity contribution in [2.24, 2.45) is 0 Å². The number of nitrogens with zero attached hydrogens (tertiary/aromatic N) is 3. The number of fused-ring (bicyclic) bond motifs is 3. The molecule has 3 aromatic rings. The number of aromatic nitrogens is 3. The summed E-state index contributed by atoms with van der Waals surface area (Å²) < 4.78 is 2.88. The van der Waals surface area contributed by atoms with Crippen LogP contribution in [0.1, 0.15) is 5.82 Å². The fourth-order valence-corrected chi connectivity index (χ4v) is 2.67. The van der Waals surface area contributed by atoms with E-state index in [1.807, 2.05) is 24.3 Å². The van der Waals surface area contributed by atoms with Crippen molar-refractivity contribution in [3.8, 4) is 0 Å². The lowest BCUT2D eigenvalue weighted by Crippen LogP contribution is -2.04. The van der Waals surface area contributed by atoms with E-state index in [0.717, 1.165) is 15.2 Å². The van der Waals surface area contributed by atoms with E-state index in [1.165, 1.54) is 11.3 Å². The highest BCUT2D eigenvalue weighted by Gasteiger charge is 2.13. The lowest BCUT2D eigenvalue weighted by Gasteiger charge is -1.94. The summed E-state index contributed by atoms with van der Waals surface area (Å²) in [7, 11) is 0. The highest BCUT2D eigenvalue weighted by Crippen LogP contribution is 2.25. The van der Waals surface area contributed by atoms with Crippen LogP contribution in [-0.2, 0) is 11.2 Å². The van der Waals surface area contributed by atoms with Gasteiger partial charge in [0.2, 0.25) is 4.96 Å². The topological polar surface area (TPSA) is 67.5 Å². The minimum absolute atomic E-state index is 0.109. The molecule has 3 rings (SSSR count). The molecular formula is C10H7N3O2S. The predicted molar refractivity (Wildman–Crippen MR) is 59.7 cm³/mol. The molecule has 0 aliphatic heterocycles. The number of carbonyl (C=O) groups is 1. The van der Waals surface area contributed by atoms with E-state index in [0.29, 0.717) is 5.82 Å². The van der Waals surface area contributed by atoms with Gasteiger partial charge in [-0.15, -0.1) is 10.2 Å². The van der Waals surface area contributed by atoms with Gasteiger partial charge in [0.05, 0.1) is 10.2 Å². The maximum absolute atomic E-state index is 10.7.